The number of amides is 2. The average molecular weight is 248 g/mol. The van der Waals surface area contributed by atoms with Gasteiger partial charge in [-0.05, 0) is 24.1 Å². The normalized spacial score (nSPS) is 16.3. The molecule has 5 nitrogen and oxygen atoms in total. The molecule has 0 aromatic heterocycles. The van der Waals surface area contributed by atoms with Crippen molar-refractivity contribution < 1.29 is 14.7 Å². The van der Waals surface area contributed by atoms with Gasteiger partial charge in [-0.15, -0.1) is 0 Å². The lowest BCUT2D eigenvalue weighted by Crippen LogP contribution is -2.52. The average Bonchev–Trinajstić information content (AvgIpc) is 2.35. The van der Waals surface area contributed by atoms with Crippen LogP contribution in [0.4, 0.5) is 5.69 Å². The summed E-state index contributed by atoms with van der Waals surface area (Å²) in [6, 6.07) is 7.34. The molecular formula is C13H16N2O3. The van der Waals surface area contributed by atoms with Gasteiger partial charge in [-0.2, -0.15) is 0 Å². The van der Waals surface area contributed by atoms with Gasteiger partial charge in [0.15, 0.2) is 0 Å². The second-order valence-corrected chi connectivity index (χ2v) is 4.37. The zero-order valence-corrected chi connectivity index (χ0v) is 10.3. The van der Waals surface area contributed by atoms with Crippen molar-refractivity contribution in [1.82, 2.24) is 4.90 Å². The standard InChI is InChI=1S/C13H16N2O3/c1-14-8-13(18)15(9-12(14)17)11-4-2-10(3-5-11)6-7-16/h2-5,16H,6-9H2,1H3. The summed E-state index contributed by atoms with van der Waals surface area (Å²) in [5.41, 5.74) is 1.73. The van der Waals surface area contributed by atoms with Crippen LogP contribution in [0.5, 0.6) is 0 Å². The number of rotatable bonds is 3. The Morgan fingerprint density at radius 2 is 1.78 bits per heavy atom. The van der Waals surface area contributed by atoms with Crippen molar-refractivity contribution in [2.45, 2.75) is 6.42 Å². The SMILES string of the molecule is CN1CC(=O)N(c2ccc(CCO)cc2)CC1=O. The summed E-state index contributed by atoms with van der Waals surface area (Å²) in [6.45, 7) is 0.317. The third-order valence-electron chi connectivity index (χ3n) is 3.04. The van der Waals surface area contributed by atoms with Crippen molar-refractivity contribution in [3.05, 3.63) is 29.8 Å². The first-order valence-corrected chi connectivity index (χ1v) is 5.86. The molecule has 0 atom stereocenters. The lowest BCUT2D eigenvalue weighted by Gasteiger charge is -2.31. The highest BCUT2D eigenvalue weighted by Crippen LogP contribution is 2.18. The summed E-state index contributed by atoms with van der Waals surface area (Å²) in [5.74, 6) is -0.138. The molecular weight excluding hydrogens is 232 g/mol. The number of aliphatic hydroxyl groups excluding tert-OH is 1. The molecule has 1 aliphatic heterocycles. The number of hydrogen-bond donors (Lipinski definition) is 1. The number of carbonyl (C=O) groups is 2. The first-order chi connectivity index (χ1) is 8.61. The van der Waals surface area contributed by atoms with Crippen LogP contribution in [0.2, 0.25) is 0 Å². The Hall–Kier alpha value is -1.88. The minimum atomic E-state index is -0.0768. The number of anilines is 1. The van der Waals surface area contributed by atoms with E-state index in [-0.39, 0.29) is 31.5 Å². The molecule has 1 fully saturated rings. The first-order valence-electron chi connectivity index (χ1n) is 5.86. The topological polar surface area (TPSA) is 60.9 Å². The quantitative estimate of drug-likeness (QED) is 0.820. The molecule has 1 aromatic carbocycles. The van der Waals surface area contributed by atoms with Gasteiger partial charge in [0.05, 0.1) is 6.54 Å². The Morgan fingerprint density at radius 1 is 1.11 bits per heavy atom. The molecule has 1 aromatic rings. The van der Waals surface area contributed by atoms with Crippen LogP contribution in [0.3, 0.4) is 0 Å². The van der Waals surface area contributed by atoms with Crippen molar-refractivity contribution in [3.63, 3.8) is 0 Å². The van der Waals surface area contributed by atoms with Crippen molar-refractivity contribution >= 4 is 17.5 Å². The van der Waals surface area contributed by atoms with Crippen LogP contribution in [-0.4, -0.2) is 48.6 Å². The fraction of sp³-hybridized carbons (Fsp3) is 0.385. The highest BCUT2D eigenvalue weighted by atomic mass is 16.3. The maximum atomic E-state index is 11.9. The van der Waals surface area contributed by atoms with E-state index in [4.69, 9.17) is 5.11 Å². The summed E-state index contributed by atoms with van der Waals surface area (Å²) >= 11 is 0. The van der Waals surface area contributed by atoms with Crippen molar-refractivity contribution in [1.29, 1.82) is 0 Å². The van der Waals surface area contributed by atoms with Crippen LogP contribution < -0.4 is 4.90 Å². The molecule has 1 saturated heterocycles. The van der Waals surface area contributed by atoms with E-state index in [0.717, 1.165) is 11.3 Å². The molecule has 0 bridgehead atoms. The van der Waals surface area contributed by atoms with Crippen LogP contribution in [0.15, 0.2) is 24.3 Å². The number of likely N-dealkylation sites (N-methyl/N-ethyl adjacent to an activating group) is 1. The Labute approximate surface area is 106 Å². The van der Waals surface area contributed by atoms with Crippen molar-refractivity contribution in [2.24, 2.45) is 0 Å². The maximum absolute atomic E-state index is 11.9. The van der Waals surface area contributed by atoms with Gasteiger partial charge in [-0.1, -0.05) is 12.1 Å². The second kappa shape index (κ2) is 5.18. The molecule has 0 radical (unpaired) electrons. The van der Waals surface area contributed by atoms with E-state index >= 15 is 0 Å². The molecule has 18 heavy (non-hydrogen) atoms. The number of carbonyl (C=O) groups excluding carboxylic acids is 2. The van der Waals surface area contributed by atoms with Gasteiger partial charge in [-0.25, -0.2) is 0 Å². The smallest absolute Gasteiger partial charge is 0.247 e. The minimum absolute atomic E-state index is 0.0611. The van der Waals surface area contributed by atoms with Gasteiger partial charge >= 0.3 is 0 Å². The second-order valence-electron chi connectivity index (χ2n) is 4.37. The molecule has 1 aliphatic rings. The molecule has 0 unspecified atom stereocenters. The highest BCUT2D eigenvalue weighted by Gasteiger charge is 2.28. The van der Waals surface area contributed by atoms with Gasteiger partial charge in [0.25, 0.3) is 0 Å². The van der Waals surface area contributed by atoms with E-state index in [1.165, 1.54) is 9.80 Å². The Morgan fingerprint density at radius 3 is 2.39 bits per heavy atom. The zero-order valence-electron chi connectivity index (χ0n) is 10.3. The summed E-state index contributed by atoms with van der Waals surface area (Å²) in [6.07, 6.45) is 0.593. The summed E-state index contributed by atoms with van der Waals surface area (Å²) in [5, 5.41) is 8.83. The molecule has 96 valence electrons. The van der Waals surface area contributed by atoms with E-state index in [1.54, 1.807) is 7.05 Å². The maximum Gasteiger partial charge on any atom is 0.247 e. The van der Waals surface area contributed by atoms with Gasteiger partial charge in [0.2, 0.25) is 11.8 Å². The summed E-state index contributed by atoms with van der Waals surface area (Å²) < 4.78 is 0. The first kappa shape index (κ1) is 12.6. The fourth-order valence-corrected chi connectivity index (χ4v) is 1.93. The van der Waals surface area contributed by atoms with E-state index in [1.807, 2.05) is 24.3 Å². The van der Waals surface area contributed by atoms with Crippen LogP contribution in [0.25, 0.3) is 0 Å². The van der Waals surface area contributed by atoms with E-state index in [2.05, 4.69) is 0 Å². The number of aliphatic hydroxyl groups is 1. The molecule has 0 saturated carbocycles. The van der Waals surface area contributed by atoms with Crippen LogP contribution >= 0.6 is 0 Å². The fourth-order valence-electron chi connectivity index (χ4n) is 1.93. The number of hydrogen-bond acceptors (Lipinski definition) is 3. The molecule has 1 N–H and O–H groups in total. The summed E-state index contributed by atoms with van der Waals surface area (Å²) in [7, 11) is 1.63. The number of piperazine rings is 1. The molecule has 1 heterocycles. The number of nitrogens with zero attached hydrogens (tertiary/aromatic N) is 2. The summed E-state index contributed by atoms with van der Waals surface area (Å²) in [4.78, 5) is 26.4. The Kier molecular flexibility index (Phi) is 3.62. The van der Waals surface area contributed by atoms with Crippen LogP contribution in [0.1, 0.15) is 5.56 Å². The largest absolute Gasteiger partial charge is 0.396 e. The van der Waals surface area contributed by atoms with Crippen LogP contribution in [-0.2, 0) is 16.0 Å². The monoisotopic (exact) mass is 248 g/mol. The van der Waals surface area contributed by atoms with E-state index in [9.17, 15) is 9.59 Å². The van der Waals surface area contributed by atoms with Crippen molar-refractivity contribution in [2.75, 3.05) is 31.6 Å². The molecule has 0 spiro atoms. The molecule has 2 amide bonds. The third-order valence-corrected chi connectivity index (χ3v) is 3.04. The van der Waals surface area contributed by atoms with Gasteiger partial charge in [0, 0.05) is 19.3 Å². The number of benzene rings is 1. The lowest BCUT2D eigenvalue weighted by atomic mass is 10.1. The van der Waals surface area contributed by atoms with Crippen molar-refractivity contribution in [3.8, 4) is 0 Å². The van der Waals surface area contributed by atoms with Gasteiger partial charge in [0.1, 0.15) is 6.54 Å². The molecule has 5 heteroatoms. The van der Waals surface area contributed by atoms with E-state index < -0.39 is 0 Å². The highest BCUT2D eigenvalue weighted by molar-refractivity contribution is 6.04. The molecule has 0 aliphatic carbocycles. The predicted octanol–water partition coefficient (Wildman–Crippen LogP) is 0.0264. The lowest BCUT2D eigenvalue weighted by molar-refractivity contribution is -0.136. The van der Waals surface area contributed by atoms with E-state index in [0.29, 0.717) is 6.42 Å². The van der Waals surface area contributed by atoms with Gasteiger partial charge in [-0.3, -0.25) is 9.59 Å². The Balaban J connectivity index is 2.15. The van der Waals surface area contributed by atoms with Crippen LogP contribution in [0, 0.1) is 0 Å². The third kappa shape index (κ3) is 2.51. The predicted molar refractivity (Wildman–Crippen MR) is 67.2 cm³/mol. The zero-order chi connectivity index (χ0) is 13.1. The van der Waals surface area contributed by atoms with Gasteiger partial charge < -0.3 is 14.9 Å². The Bertz CT molecular complexity index is 456. The minimum Gasteiger partial charge on any atom is -0.396 e. The molecule has 2 rings (SSSR count).